The van der Waals surface area contributed by atoms with Gasteiger partial charge in [-0.25, -0.2) is 4.79 Å². The summed E-state index contributed by atoms with van der Waals surface area (Å²) < 4.78 is 0. The second-order valence-electron chi connectivity index (χ2n) is 3.20. The highest BCUT2D eigenvalue weighted by Gasteiger charge is 2.34. The topological polar surface area (TPSA) is 71.4 Å². The van der Waals surface area contributed by atoms with Crippen LogP contribution < -0.4 is 0 Å². The molecule has 1 N–H and O–H groups in total. The smallest absolute Gasteiger partial charge is 0.341 e. The maximum absolute atomic E-state index is 11.7. The zero-order valence-electron chi connectivity index (χ0n) is 7.86. The van der Waals surface area contributed by atoms with Crippen LogP contribution in [0, 0.1) is 0 Å². The molecule has 0 bridgehead atoms. The zero-order chi connectivity index (χ0) is 11.9. The molecule has 0 heterocycles. The molecule has 1 aromatic rings. The molecule has 1 aliphatic carbocycles. The van der Waals surface area contributed by atoms with Gasteiger partial charge in [0.15, 0.2) is 0 Å². The molecule has 5 heteroatoms. The zero-order valence-corrected chi connectivity index (χ0v) is 8.62. The van der Waals surface area contributed by atoms with Gasteiger partial charge in [0.05, 0.1) is 0 Å². The van der Waals surface area contributed by atoms with Gasteiger partial charge in [-0.05, 0) is 0 Å². The van der Waals surface area contributed by atoms with Crippen LogP contribution in [0.1, 0.15) is 20.7 Å². The van der Waals surface area contributed by atoms with Gasteiger partial charge in [-0.15, -0.1) is 0 Å². The van der Waals surface area contributed by atoms with Crippen molar-refractivity contribution < 1.29 is 19.5 Å². The Morgan fingerprint density at radius 2 is 1.56 bits per heavy atom. The minimum atomic E-state index is -1.49. The van der Waals surface area contributed by atoms with Crippen molar-refractivity contribution in [1.82, 2.24) is 0 Å². The first kappa shape index (κ1) is 10.6. The SMILES string of the molecule is O=C(O)C1=C(Cl)C(=O)c2ccccc2C1=O. The molecule has 0 fully saturated rings. The Labute approximate surface area is 95.1 Å². The fourth-order valence-electron chi connectivity index (χ4n) is 1.54. The summed E-state index contributed by atoms with van der Waals surface area (Å²) in [7, 11) is 0. The molecule has 0 unspecified atom stereocenters. The monoisotopic (exact) mass is 236 g/mol. The average molecular weight is 237 g/mol. The van der Waals surface area contributed by atoms with Crippen molar-refractivity contribution >= 4 is 29.1 Å². The maximum Gasteiger partial charge on any atom is 0.341 e. The van der Waals surface area contributed by atoms with Gasteiger partial charge in [-0.2, -0.15) is 0 Å². The van der Waals surface area contributed by atoms with E-state index in [2.05, 4.69) is 0 Å². The fraction of sp³-hybridized carbons (Fsp3) is 0. The number of Topliss-reactive ketones (excluding diaryl/α,β-unsaturated/α-hetero) is 2. The van der Waals surface area contributed by atoms with Crippen molar-refractivity contribution in [2.75, 3.05) is 0 Å². The first-order valence-electron chi connectivity index (χ1n) is 4.35. The minimum absolute atomic E-state index is 0.0781. The van der Waals surface area contributed by atoms with Gasteiger partial charge in [0.2, 0.25) is 11.6 Å². The molecular weight excluding hydrogens is 232 g/mol. The lowest BCUT2D eigenvalue weighted by molar-refractivity contribution is -0.132. The number of carboxylic acid groups (broad SMARTS) is 1. The second kappa shape index (κ2) is 3.57. The number of hydrogen-bond acceptors (Lipinski definition) is 3. The van der Waals surface area contributed by atoms with Crippen LogP contribution in [0.2, 0.25) is 0 Å². The third kappa shape index (κ3) is 1.35. The number of halogens is 1. The van der Waals surface area contributed by atoms with Gasteiger partial charge < -0.3 is 5.11 Å². The molecule has 0 saturated carbocycles. The van der Waals surface area contributed by atoms with E-state index in [0.29, 0.717) is 0 Å². The van der Waals surface area contributed by atoms with E-state index in [1.54, 1.807) is 12.1 Å². The predicted octanol–water partition coefficient (Wildman–Crippen LogP) is 1.64. The van der Waals surface area contributed by atoms with Gasteiger partial charge in [0.25, 0.3) is 0 Å². The molecule has 0 radical (unpaired) electrons. The summed E-state index contributed by atoms with van der Waals surface area (Å²) in [5, 5.41) is 8.28. The van der Waals surface area contributed by atoms with E-state index in [0.717, 1.165) is 0 Å². The molecule has 16 heavy (non-hydrogen) atoms. The van der Waals surface area contributed by atoms with Gasteiger partial charge in [0.1, 0.15) is 10.6 Å². The third-order valence-electron chi connectivity index (χ3n) is 2.28. The van der Waals surface area contributed by atoms with Crippen LogP contribution in [-0.2, 0) is 4.79 Å². The van der Waals surface area contributed by atoms with E-state index in [9.17, 15) is 14.4 Å². The predicted molar refractivity (Wildman–Crippen MR) is 55.6 cm³/mol. The van der Waals surface area contributed by atoms with Crippen LogP contribution in [0.5, 0.6) is 0 Å². The molecular formula is C11H5ClO4. The van der Waals surface area contributed by atoms with Gasteiger partial charge in [0, 0.05) is 11.1 Å². The lowest BCUT2D eigenvalue weighted by Gasteiger charge is -2.14. The van der Waals surface area contributed by atoms with Gasteiger partial charge >= 0.3 is 5.97 Å². The molecule has 2 rings (SSSR count). The van der Waals surface area contributed by atoms with E-state index >= 15 is 0 Å². The Kier molecular flexibility index (Phi) is 2.36. The highest BCUT2D eigenvalue weighted by Crippen LogP contribution is 2.28. The first-order valence-corrected chi connectivity index (χ1v) is 4.73. The molecule has 0 aromatic heterocycles. The van der Waals surface area contributed by atoms with Crippen molar-refractivity contribution in [3.63, 3.8) is 0 Å². The minimum Gasteiger partial charge on any atom is -0.477 e. The number of aliphatic carboxylic acids is 1. The number of ketones is 2. The number of benzene rings is 1. The summed E-state index contributed by atoms with van der Waals surface area (Å²) in [4.78, 5) is 34.2. The van der Waals surface area contributed by atoms with Crippen LogP contribution in [0.4, 0.5) is 0 Å². The number of allylic oxidation sites excluding steroid dienone is 1. The van der Waals surface area contributed by atoms with E-state index in [-0.39, 0.29) is 11.1 Å². The first-order chi connectivity index (χ1) is 7.54. The van der Waals surface area contributed by atoms with Crippen LogP contribution in [0.15, 0.2) is 34.9 Å². The number of rotatable bonds is 1. The van der Waals surface area contributed by atoms with Crippen molar-refractivity contribution in [2.24, 2.45) is 0 Å². The average Bonchev–Trinajstić information content (AvgIpc) is 2.26. The molecule has 1 aromatic carbocycles. The molecule has 0 atom stereocenters. The lowest BCUT2D eigenvalue weighted by atomic mass is 9.89. The Morgan fingerprint density at radius 1 is 1.06 bits per heavy atom. The van der Waals surface area contributed by atoms with Crippen molar-refractivity contribution in [3.8, 4) is 0 Å². The van der Waals surface area contributed by atoms with Crippen molar-refractivity contribution in [2.45, 2.75) is 0 Å². The van der Waals surface area contributed by atoms with Gasteiger partial charge in [-0.1, -0.05) is 35.9 Å². The Hall–Kier alpha value is -1.94. The Balaban J connectivity index is 2.73. The summed E-state index contributed by atoms with van der Waals surface area (Å²) in [6.45, 7) is 0. The second-order valence-corrected chi connectivity index (χ2v) is 3.58. The maximum atomic E-state index is 11.7. The lowest BCUT2D eigenvalue weighted by Crippen LogP contribution is -2.24. The van der Waals surface area contributed by atoms with E-state index in [1.165, 1.54) is 12.1 Å². The number of carboxylic acids is 1. The molecule has 1 aliphatic rings. The van der Waals surface area contributed by atoms with Crippen LogP contribution in [0.3, 0.4) is 0 Å². The van der Waals surface area contributed by atoms with Crippen LogP contribution in [0.25, 0.3) is 0 Å². The van der Waals surface area contributed by atoms with Crippen molar-refractivity contribution in [3.05, 3.63) is 46.0 Å². The number of carbonyl (C=O) groups is 3. The standard InChI is InChI=1S/C11H5ClO4/c12-8-7(11(15)16)9(13)5-3-1-2-4-6(5)10(8)14/h1-4H,(H,15,16). The summed E-state index contributed by atoms with van der Waals surface area (Å²) in [6.07, 6.45) is 0. The fourth-order valence-corrected chi connectivity index (χ4v) is 1.80. The molecule has 0 spiro atoms. The Bertz CT molecular complexity index is 557. The molecule has 0 saturated heterocycles. The summed E-state index contributed by atoms with van der Waals surface area (Å²) in [6, 6.07) is 5.99. The molecule has 0 amide bonds. The number of fused-ring (bicyclic) bond motifs is 1. The molecule has 0 aliphatic heterocycles. The quantitative estimate of drug-likeness (QED) is 0.753. The molecule has 4 nitrogen and oxygen atoms in total. The number of hydrogen-bond donors (Lipinski definition) is 1. The molecule has 80 valence electrons. The van der Waals surface area contributed by atoms with E-state index in [4.69, 9.17) is 16.7 Å². The van der Waals surface area contributed by atoms with Crippen molar-refractivity contribution in [1.29, 1.82) is 0 Å². The van der Waals surface area contributed by atoms with Crippen LogP contribution in [-0.4, -0.2) is 22.6 Å². The van der Waals surface area contributed by atoms with Crippen LogP contribution >= 0.6 is 11.6 Å². The number of carbonyl (C=O) groups excluding carboxylic acids is 2. The highest BCUT2D eigenvalue weighted by molar-refractivity contribution is 6.53. The summed E-state index contributed by atoms with van der Waals surface area (Å²) >= 11 is 5.58. The largest absolute Gasteiger partial charge is 0.477 e. The summed E-state index contributed by atoms with van der Waals surface area (Å²) in [5.74, 6) is -2.85. The van der Waals surface area contributed by atoms with E-state index < -0.39 is 28.1 Å². The summed E-state index contributed by atoms with van der Waals surface area (Å²) in [5.41, 5.74) is -0.442. The highest BCUT2D eigenvalue weighted by atomic mass is 35.5. The van der Waals surface area contributed by atoms with Gasteiger partial charge in [-0.3, -0.25) is 9.59 Å². The third-order valence-corrected chi connectivity index (χ3v) is 2.64. The van der Waals surface area contributed by atoms with E-state index in [1.807, 2.05) is 0 Å². The Morgan fingerprint density at radius 3 is 2.06 bits per heavy atom. The normalized spacial score (nSPS) is 15.1.